The monoisotopic (exact) mass is 283 g/mol. The van der Waals surface area contributed by atoms with Crippen LogP contribution in [0.25, 0.3) is 0 Å². The summed E-state index contributed by atoms with van der Waals surface area (Å²) in [6.07, 6.45) is 4.64. The Hall–Kier alpha value is -0.570. The van der Waals surface area contributed by atoms with Crippen molar-refractivity contribution >= 4 is 11.6 Å². The Morgan fingerprint density at radius 1 is 1.26 bits per heavy atom. The summed E-state index contributed by atoms with van der Waals surface area (Å²) >= 11 is 6.25. The van der Waals surface area contributed by atoms with Crippen molar-refractivity contribution in [1.29, 1.82) is 0 Å². The van der Waals surface area contributed by atoms with Crippen LogP contribution in [0.3, 0.4) is 0 Å². The van der Waals surface area contributed by atoms with Gasteiger partial charge in [0.2, 0.25) is 0 Å². The molecule has 1 aromatic rings. The fraction of sp³-hybridized carbons (Fsp3) is 0.625. The molecule has 2 nitrogen and oxygen atoms in total. The normalized spacial score (nSPS) is 12.6. The minimum Gasteiger partial charge on any atom is -0.385 e. The van der Waals surface area contributed by atoms with E-state index in [1.807, 2.05) is 12.1 Å². The number of ether oxygens (including phenoxy) is 1. The predicted molar refractivity (Wildman–Crippen MR) is 82.9 cm³/mol. The Bertz CT molecular complexity index is 343. The van der Waals surface area contributed by atoms with E-state index in [-0.39, 0.29) is 0 Å². The largest absolute Gasteiger partial charge is 0.385 e. The van der Waals surface area contributed by atoms with Gasteiger partial charge in [0.25, 0.3) is 0 Å². The van der Waals surface area contributed by atoms with Crippen molar-refractivity contribution in [2.45, 2.75) is 32.6 Å². The Kier molecular flexibility index (Phi) is 8.89. The van der Waals surface area contributed by atoms with E-state index < -0.39 is 0 Å². The average molecular weight is 284 g/mol. The van der Waals surface area contributed by atoms with Gasteiger partial charge in [0, 0.05) is 18.7 Å². The van der Waals surface area contributed by atoms with Gasteiger partial charge in [0.1, 0.15) is 0 Å². The third-order valence-electron chi connectivity index (χ3n) is 3.36. The third kappa shape index (κ3) is 6.95. The number of unbranched alkanes of at least 4 members (excludes halogenated alkanes) is 1. The van der Waals surface area contributed by atoms with Gasteiger partial charge in [-0.15, -0.1) is 0 Å². The fourth-order valence-corrected chi connectivity index (χ4v) is 2.49. The number of hydrogen-bond acceptors (Lipinski definition) is 2. The van der Waals surface area contributed by atoms with Crippen molar-refractivity contribution < 1.29 is 4.74 Å². The molecule has 0 aliphatic heterocycles. The van der Waals surface area contributed by atoms with Gasteiger partial charge < -0.3 is 10.1 Å². The molecule has 0 radical (unpaired) electrons. The van der Waals surface area contributed by atoms with Crippen LogP contribution in [0.4, 0.5) is 0 Å². The molecule has 1 rings (SSSR count). The maximum Gasteiger partial charge on any atom is 0.0462 e. The molecule has 1 N–H and O–H groups in total. The van der Waals surface area contributed by atoms with E-state index in [1.54, 1.807) is 7.11 Å². The maximum absolute atomic E-state index is 6.25. The van der Waals surface area contributed by atoms with Gasteiger partial charge in [0.05, 0.1) is 0 Å². The highest BCUT2D eigenvalue weighted by Crippen LogP contribution is 2.21. The second kappa shape index (κ2) is 10.2. The van der Waals surface area contributed by atoms with E-state index in [1.165, 1.54) is 18.4 Å². The molecule has 1 atom stereocenters. The van der Waals surface area contributed by atoms with Gasteiger partial charge in [-0.05, 0) is 49.9 Å². The lowest BCUT2D eigenvalue weighted by atomic mass is 9.94. The number of hydrogen-bond donors (Lipinski definition) is 1. The van der Waals surface area contributed by atoms with Crippen molar-refractivity contribution in [2.24, 2.45) is 5.92 Å². The summed E-state index contributed by atoms with van der Waals surface area (Å²) in [4.78, 5) is 0. The van der Waals surface area contributed by atoms with Crippen LogP contribution in [0.1, 0.15) is 31.7 Å². The van der Waals surface area contributed by atoms with Crippen molar-refractivity contribution in [1.82, 2.24) is 5.32 Å². The van der Waals surface area contributed by atoms with Crippen LogP contribution in [-0.2, 0) is 11.2 Å². The highest BCUT2D eigenvalue weighted by molar-refractivity contribution is 6.31. The van der Waals surface area contributed by atoms with Crippen LogP contribution in [0.2, 0.25) is 5.02 Å². The Balaban J connectivity index is 2.46. The maximum atomic E-state index is 6.25. The molecule has 3 heteroatoms. The van der Waals surface area contributed by atoms with Crippen molar-refractivity contribution in [3.05, 3.63) is 34.9 Å². The van der Waals surface area contributed by atoms with Gasteiger partial charge in [-0.2, -0.15) is 0 Å². The quantitative estimate of drug-likeness (QED) is 0.657. The third-order valence-corrected chi connectivity index (χ3v) is 3.73. The Morgan fingerprint density at radius 2 is 2.05 bits per heavy atom. The van der Waals surface area contributed by atoms with Crippen LogP contribution in [0.5, 0.6) is 0 Å². The number of methoxy groups -OCH3 is 1. The van der Waals surface area contributed by atoms with Crippen molar-refractivity contribution in [2.75, 3.05) is 26.8 Å². The standard InChI is InChI=1S/C16H26ClNO/c1-3-18-13-14(8-6-7-11-19-2)12-15-9-4-5-10-16(15)17/h4-5,9-10,14,18H,3,6-8,11-13H2,1-2H3. The average Bonchev–Trinajstić information content (AvgIpc) is 2.43. The highest BCUT2D eigenvalue weighted by Gasteiger charge is 2.11. The lowest BCUT2D eigenvalue weighted by Gasteiger charge is -2.18. The molecule has 0 aromatic heterocycles. The smallest absolute Gasteiger partial charge is 0.0462 e. The van der Waals surface area contributed by atoms with Crippen LogP contribution in [-0.4, -0.2) is 26.8 Å². The van der Waals surface area contributed by atoms with Crippen LogP contribution in [0, 0.1) is 5.92 Å². The Labute approximate surface area is 122 Å². The number of nitrogens with one attached hydrogen (secondary N) is 1. The lowest BCUT2D eigenvalue weighted by Crippen LogP contribution is -2.24. The van der Waals surface area contributed by atoms with Gasteiger partial charge in [-0.3, -0.25) is 0 Å². The summed E-state index contributed by atoms with van der Waals surface area (Å²) in [7, 11) is 1.76. The molecule has 0 aliphatic rings. The lowest BCUT2D eigenvalue weighted by molar-refractivity contribution is 0.190. The molecule has 1 aromatic carbocycles. The SMILES string of the molecule is CCNCC(CCCCOC)Cc1ccccc1Cl. The molecule has 0 heterocycles. The topological polar surface area (TPSA) is 21.3 Å². The molecule has 108 valence electrons. The first-order chi connectivity index (χ1) is 9.27. The van der Waals surface area contributed by atoms with E-state index in [9.17, 15) is 0 Å². The van der Waals surface area contributed by atoms with E-state index in [4.69, 9.17) is 16.3 Å². The second-order valence-corrected chi connectivity index (χ2v) is 5.37. The number of rotatable bonds is 10. The molecule has 0 amide bonds. The Morgan fingerprint density at radius 3 is 2.74 bits per heavy atom. The van der Waals surface area contributed by atoms with Gasteiger partial charge in [-0.25, -0.2) is 0 Å². The zero-order chi connectivity index (χ0) is 13.9. The highest BCUT2D eigenvalue weighted by atomic mass is 35.5. The molecule has 0 aliphatic carbocycles. The summed E-state index contributed by atoms with van der Waals surface area (Å²) in [5.41, 5.74) is 1.26. The summed E-state index contributed by atoms with van der Waals surface area (Å²) in [6.45, 7) is 5.10. The minimum atomic E-state index is 0.650. The predicted octanol–water partition coefficient (Wildman–Crippen LogP) is 3.92. The number of benzene rings is 1. The summed E-state index contributed by atoms with van der Waals surface area (Å²) in [5.74, 6) is 0.650. The molecule has 0 bridgehead atoms. The summed E-state index contributed by atoms with van der Waals surface area (Å²) in [6, 6.07) is 8.17. The van der Waals surface area contributed by atoms with Crippen LogP contribution in [0.15, 0.2) is 24.3 Å². The van der Waals surface area contributed by atoms with Crippen LogP contribution >= 0.6 is 11.6 Å². The molecule has 0 fully saturated rings. The molecular formula is C16H26ClNO. The van der Waals surface area contributed by atoms with Gasteiger partial charge >= 0.3 is 0 Å². The molecule has 1 unspecified atom stereocenters. The zero-order valence-corrected chi connectivity index (χ0v) is 12.9. The first kappa shape index (κ1) is 16.5. The molecule has 0 spiro atoms. The van der Waals surface area contributed by atoms with Gasteiger partial charge in [-0.1, -0.05) is 43.1 Å². The number of halogens is 1. The minimum absolute atomic E-state index is 0.650. The van der Waals surface area contributed by atoms with E-state index in [0.29, 0.717) is 5.92 Å². The first-order valence-electron chi connectivity index (χ1n) is 7.21. The molecule has 0 saturated heterocycles. The summed E-state index contributed by atoms with van der Waals surface area (Å²) in [5, 5.41) is 4.34. The van der Waals surface area contributed by atoms with Crippen molar-refractivity contribution in [3.63, 3.8) is 0 Å². The summed E-state index contributed by atoms with van der Waals surface area (Å²) < 4.78 is 5.11. The van der Waals surface area contributed by atoms with Crippen molar-refractivity contribution in [3.8, 4) is 0 Å². The first-order valence-corrected chi connectivity index (χ1v) is 7.58. The zero-order valence-electron chi connectivity index (χ0n) is 12.1. The molecule has 0 saturated carbocycles. The van der Waals surface area contributed by atoms with Crippen LogP contribution < -0.4 is 5.32 Å². The van der Waals surface area contributed by atoms with Gasteiger partial charge in [0.15, 0.2) is 0 Å². The van der Waals surface area contributed by atoms with E-state index in [2.05, 4.69) is 24.4 Å². The molecular weight excluding hydrogens is 258 g/mol. The second-order valence-electron chi connectivity index (χ2n) is 4.96. The van der Waals surface area contributed by atoms with E-state index >= 15 is 0 Å². The van der Waals surface area contributed by atoms with E-state index in [0.717, 1.165) is 37.6 Å². The molecule has 19 heavy (non-hydrogen) atoms. The fourth-order valence-electron chi connectivity index (χ4n) is 2.28.